The van der Waals surface area contributed by atoms with Crippen LogP contribution in [-0.4, -0.2) is 15.0 Å². The average Bonchev–Trinajstić information content (AvgIpc) is 2.69. The molecule has 0 amide bonds. The maximum atomic E-state index is 4.75. The fraction of sp³-hybridized carbons (Fsp3) is 0.0870. The normalized spacial score (nSPS) is 10.8. The summed E-state index contributed by atoms with van der Waals surface area (Å²) in [6.45, 7) is 4.14. The number of rotatable bonds is 3. The molecular formula is C23H18BrN3. The number of hydrogen-bond acceptors (Lipinski definition) is 3. The van der Waals surface area contributed by atoms with Crippen LogP contribution in [0, 0.1) is 13.8 Å². The first-order valence-corrected chi connectivity index (χ1v) is 9.54. The first-order valence-electron chi connectivity index (χ1n) is 8.74. The number of aryl methyl sites for hydroxylation is 2. The summed E-state index contributed by atoms with van der Waals surface area (Å²) in [5, 5.41) is 0. The summed E-state index contributed by atoms with van der Waals surface area (Å²) < 4.78 is 0.995. The summed E-state index contributed by atoms with van der Waals surface area (Å²) in [5.74, 6) is 2.02. The van der Waals surface area contributed by atoms with Crippen LogP contribution in [0.2, 0.25) is 0 Å². The minimum Gasteiger partial charge on any atom is -0.208 e. The van der Waals surface area contributed by atoms with Gasteiger partial charge in [0.25, 0.3) is 0 Å². The van der Waals surface area contributed by atoms with Crippen molar-refractivity contribution in [3.63, 3.8) is 0 Å². The summed E-state index contributed by atoms with van der Waals surface area (Å²) in [6.07, 6.45) is 0. The Kier molecular flexibility index (Phi) is 4.82. The molecule has 1 heterocycles. The second kappa shape index (κ2) is 7.41. The zero-order chi connectivity index (χ0) is 18.8. The Morgan fingerprint density at radius 2 is 1.00 bits per heavy atom. The van der Waals surface area contributed by atoms with E-state index in [1.165, 1.54) is 11.1 Å². The smallest absolute Gasteiger partial charge is 0.164 e. The molecular weight excluding hydrogens is 398 g/mol. The summed E-state index contributed by atoms with van der Waals surface area (Å²) in [4.78, 5) is 14.2. The lowest BCUT2D eigenvalue weighted by atomic mass is 10.1. The quantitative estimate of drug-likeness (QED) is 0.396. The highest BCUT2D eigenvalue weighted by Crippen LogP contribution is 2.26. The van der Waals surface area contributed by atoms with Crippen molar-refractivity contribution in [3.05, 3.63) is 88.4 Å². The van der Waals surface area contributed by atoms with Gasteiger partial charge in [-0.2, -0.15) is 0 Å². The summed E-state index contributed by atoms with van der Waals surface area (Å²) in [6, 6.07) is 24.5. The van der Waals surface area contributed by atoms with Crippen LogP contribution in [-0.2, 0) is 0 Å². The lowest BCUT2D eigenvalue weighted by molar-refractivity contribution is 1.07. The van der Waals surface area contributed by atoms with Gasteiger partial charge in [-0.3, -0.25) is 0 Å². The lowest BCUT2D eigenvalue weighted by Gasteiger charge is -2.09. The zero-order valence-corrected chi connectivity index (χ0v) is 16.7. The summed E-state index contributed by atoms with van der Waals surface area (Å²) in [5.41, 5.74) is 5.33. The Bertz CT molecular complexity index is 1020. The number of hydrogen-bond donors (Lipinski definition) is 0. The van der Waals surface area contributed by atoms with Crippen LogP contribution in [0.1, 0.15) is 11.1 Å². The number of nitrogens with zero attached hydrogens (tertiary/aromatic N) is 3. The topological polar surface area (TPSA) is 38.7 Å². The molecule has 0 aliphatic carbocycles. The van der Waals surface area contributed by atoms with Gasteiger partial charge in [0, 0.05) is 21.2 Å². The van der Waals surface area contributed by atoms with Gasteiger partial charge in [0.2, 0.25) is 0 Å². The highest BCUT2D eigenvalue weighted by molar-refractivity contribution is 9.10. The van der Waals surface area contributed by atoms with Crippen molar-refractivity contribution >= 4 is 15.9 Å². The fourth-order valence-electron chi connectivity index (χ4n) is 2.80. The maximum absolute atomic E-state index is 4.75. The van der Waals surface area contributed by atoms with Crippen molar-refractivity contribution in [2.24, 2.45) is 0 Å². The van der Waals surface area contributed by atoms with Crippen molar-refractivity contribution in [1.29, 1.82) is 0 Å². The van der Waals surface area contributed by atoms with E-state index in [1.54, 1.807) is 0 Å². The molecule has 0 fully saturated rings. The van der Waals surface area contributed by atoms with E-state index in [1.807, 2.05) is 48.5 Å². The molecule has 0 bridgehead atoms. The number of aromatic nitrogens is 3. The average molecular weight is 416 g/mol. The summed E-state index contributed by atoms with van der Waals surface area (Å²) >= 11 is 3.53. The Labute approximate surface area is 167 Å². The van der Waals surface area contributed by atoms with E-state index in [-0.39, 0.29) is 0 Å². The first-order chi connectivity index (χ1) is 13.1. The van der Waals surface area contributed by atoms with Gasteiger partial charge in [0.15, 0.2) is 17.5 Å². The van der Waals surface area contributed by atoms with Crippen molar-refractivity contribution in [2.45, 2.75) is 13.8 Å². The van der Waals surface area contributed by atoms with Crippen molar-refractivity contribution in [2.75, 3.05) is 0 Å². The fourth-order valence-corrected chi connectivity index (χ4v) is 3.20. The van der Waals surface area contributed by atoms with Crippen LogP contribution in [0.25, 0.3) is 34.2 Å². The Morgan fingerprint density at radius 3 is 1.44 bits per heavy atom. The third-order valence-corrected chi connectivity index (χ3v) is 4.83. The molecule has 4 aromatic rings. The molecule has 132 valence electrons. The molecule has 0 N–H and O–H groups in total. The molecule has 1 aromatic heterocycles. The van der Waals surface area contributed by atoms with E-state index in [9.17, 15) is 0 Å². The van der Waals surface area contributed by atoms with Gasteiger partial charge in [-0.1, -0.05) is 87.7 Å². The lowest BCUT2D eigenvalue weighted by Crippen LogP contribution is -2.00. The van der Waals surface area contributed by atoms with Crippen molar-refractivity contribution in [1.82, 2.24) is 15.0 Å². The molecule has 27 heavy (non-hydrogen) atoms. The molecule has 0 saturated heterocycles. The van der Waals surface area contributed by atoms with Crippen LogP contribution in [0.15, 0.2) is 77.3 Å². The first kappa shape index (κ1) is 17.6. The van der Waals surface area contributed by atoms with Gasteiger partial charge in [-0.25, -0.2) is 15.0 Å². The standard InChI is InChI=1S/C23H18BrN3/c1-15-6-10-17(11-7-15)21-25-22(18-12-8-16(2)9-13-18)27-23(26-21)19-4-3-5-20(24)14-19/h3-14H,1-2H3. The van der Waals surface area contributed by atoms with E-state index in [4.69, 9.17) is 15.0 Å². The summed E-state index contributed by atoms with van der Waals surface area (Å²) in [7, 11) is 0. The van der Waals surface area contributed by atoms with Gasteiger partial charge in [0.05, 0.1) is 0 Å². The molecule has 4 rings (SSSR count). The molecule has 0 aliphatic heterocycles. The zero-order valence-electron chi connectivity index (χ0n) is 15.1. The third kappa shape index (κ3) is 3.96. The van der Waals surface area contributed by atoms with Gasteiger partial charge >= 0.3 is 0 Å². The van der Waals surface area contributed by atoms with Crippen LogP contribution < -0.4 is 0 Å². The molecule has 0 saturated carbocycles. The predicted octanol–water partition coefficient (Wildman–Crippen LogP) is 6.25. The van der Waals surface area contributed by atoms with Gasteiger partial charge < -0.3 is 0 Å². The van der Waals surface area contributed by atoms with E-state index in [0.717, 1.165) is 21.2 Å². The van der Waals surface area contributed by atoms with Crippen LogP contribution in [0.5, 0.6) is 0 Å². The van der Waals surface area contributed by atoms with Gasteiger partial charge in [-0.15, -0.1) is 0 Å². The predicted molar refractivity (Wildman–Crippen MR) is 113 cm³/mol. The van der Waals surface area contributed by atoms with Crippen molar-refractivity contribution < 1.29 is 0 Å². The van der Waals surface area contributed by atoms with Gasteiger partial charge in [0.1, 0.15) is 0 Å². The SMILES string of the molecule is Cc1ccc(-c2nc(-c3ccc(C)cc3)nc(-c3cccc(Br)c3)n2)cc1. The minimum atomic E-state index is 0.664. The molecule has 0 atom stereocenters. The van der Waals surface area contributed by atoms with Gasteiger partial charge in [-0.05, 0) is 26.0 Å². The van der Waals surface area contributed by atoms with E-state index in [2.05, 4.69) is 54.0 Å². The largest absolute Gasteiger partial charge is 0.208 e. The third-order valence-electron chi connectivity index (χ3n) is 4.34. The molecule has 3 nitrogen and oxygen atoms in total. The van der Waals surface area contributed by atoms with Crippen LogP contribution in [0.4, 0.5) is 0 Å². The minimum absolute atomic E-state index is 0.664. The molecule has 0 unspecified atom stereocenters. The van der Waals surface area contributed by atoms with E-state index >= 15 is 0 Å². The molecule has 0 spiro atoms. The Hall–Kier alpha value is -2.85. The monoisotopic (exact) mass is 415 g/mol. The Balaban J connectivity index is 1.90. The number of benzene rings is 3. The van der Waals surface area contributed by atoms with E-state index in [0.29, 0.717) is 17.5 Å². The molecule has 3 aromatic carbocycles. The van der Waals surface area contributed by atoms with Crippen molar-refractivity contribution in [3.8, 4) is 34.2 Å². The second-order valence-electron chi connectivity index (χ2n) is 6.55. The highest BCUT2D eigenvalue weighted by atomic mass is 79.9. The second-order valence-corrected chi connectivity index (χ2v) is 7.46. The Morgan fingerprint density at radius 1 is 0.556 bits per heavy atom. The van der Waals surface area contributed by atoms with Crippen LogP contribution >= 0.6 is 15.9 Å². The number of halogens is 1. The van der Waals surface area contributed by atoms with E-state index < -0.39 is 0 Å². The molecule has 4 heteroatoms. The highest BCUT2D eigenvalue weighted by Gasteiger charge is 2.12. The maximum Gasteiger partial charge on any atom is 0.164 e. The molecule has 0 aliphatic rings. The molecule has 0 radical (unpaired) electrons. The van der Waals surface area contributed by atoms with Crippen LogP contribution in [0.3, 0.4) is 0 Å².